The van der Waals surface area contributed by atoms with Crippen molar-refractivity contribution in [2.24, 2.45) is 5.41 Å². The van der Waals surface area contributed by atoms with Gasteiger partial charge in [0.05, 0.1) is 0 Å². The Morgan fingerprint density at radius 3 is 2.36 bits per heavy atom. The molecular formula is C10H17N. The van der Waals surface area contributed by atoms with Crippen LogP contribution in [0.4, 0.5) is 0 Å². The average Bonchev–Trinajstić information content (AvgIpc) is 2.16. The zero-order valence-electron chi connectivity index (χ0n) is 7.86. The fourth-order valence-electron chi connectivity index (χ4n) is 1.31. The standard InChI is InChI=1S/C10H17N/c1-5-11-9-7-6-8(2)10(9,3)4/h6-7,11H,5H2,1-4H3. The van der Waals surface area contributed by atoms with Crippen molar-refractivity contribution in [3.63, 3.8) is 0 Å². The van der Waals surface area contributed by atoms with E-state index in [0.29, 0.717) is 0 Å². The molecule has 0 heterocycles. The molecule has 0 aromatic rings. The first-order valence-electron chi connectivity index (χ1n) is 4.22. The summed E-state index contributed by atoms with van der Waals surface area (Å²) in [5.41, 5.74) is 3.02. The highest BCUT2D eigenvalue weighted by Crippen LogP contribution is 2.37. The molecule has 0 aromatic carbocycles. The first kappa shape index (κ1) is 8.38. The van der Waals surface area contributed by atoms with Crippen LogP contribution in [0.1, 0.15) is 27.7 Å². The highest BCUT2D eigenvalue weighted by atomic mass is 14.9. The Bertz CT molecular complexity index is 209. The lowest BCUT2D eigenvalue weighted by atomic mass is 9.85. The largest absolute Gasteiger partial charge is 0.388 e. The second-order valence-electron chi connectivity index (χ2n) is 3.59. The third kappa shape index (κ3) is 1.32. The van der Waals surface area contributed by atoms with Crippen molar-refractivity contribution in [1.29, 1.82) is 0 Å². The molecule has 11 heavy (non-hydrogen) atoms. The Kier molecular flexibility index (Phi) is 2.08. The highest BCUT2D eigenvalue weighted by Gasteiger charge is 2.27. The monoisotopic (exact) mass is 151 g/mol. The number of hydrogen-bond acceptors (Lipinski definition) is 1. The molecule has 1 N–H and O–H groups in total. The minimum absolute atomic E-state index is 0.232. The summed E-state index contributed by atoms with van der Waals surface area (Å²) in [6.45, 7) is 9.82. The summed E-state index contributed by atoms with van der Waals surface area (Å²) in [5, 5.41) is 3.37. The third-order valence-corrected chi connectivity index (χ3v) is 2.53. The molecule has 0 saturated carbocycles. The van der Waals surface area contributed by atoms with Gasteiger partial charge in [0.1, 0.15) is 0 Å². The Labute approximate surface area is 69.2 Å². The van der Waals surface area contributed by atoms with E-state index >= 15 is 0 Å². The summed E-state index contributed by atoms with van der Waals surface area (Å²) < 4.78 is 0. The van der Waals surface area contributed by atoms with Gasteiger partial charge in [-0.3, -0.25) is 0 Å². The summed E-state index contributed by atoms with van der Waals surface area (Å²) in [6.07, 6.45) is 4.37. The van der Waals surface area contributed by atoms with E-state index in [2.05, 4.69) is 45.2 Å². The van der Waals surface area contributed by atoms with Gasteiger partial charge in [-0.1, -0.05) is 25.5 Å². The normalized spacial score (nSPS) is 21.1. The quantitative estimate of drug-likeness (QED) is 0.639. The van der Waals surface area contributed by atoms with Crippen molar-refractivity contribution in [2.45, 2.75) is 27.7 Å². The van der Waals surface area contributed by atoms with E-state index in [-0.39, 0.29) is 5.41 Å². The van der Waals surface area contributed by atoms with Crippen molar-refractivity contribution in [2.75, 3.05) is 6.54 Å². The molecule has 0 aromatic heterocycles. The number of rotatable bonds is 2. The van der Waals surface area contributed by atoms with Gasteiger partial charge >= 0.3 is 0 Å². The summed E-state index contributed by atoms with van der Waals surface area (Å²) in [4.78, 5) is 0. The van der Waals surface area contributed by atoms with Crippen LogP contribution < -0.4 is 5.32 Å². The molecule has 0 amide bonds. The lowest BCUT2D eigenvalue weighted by molar-refractivity contribution is 0.506. The van der Waals surface area contributed by atoms with Gasteiger partial charge in [-0.25, -0.2) is 0 Å². The second kappa shape index (κ2) is 2.72. The van der Waals surface area contributed by atoms with Crippen LogP contribution in [0, 0.1) is 5.41 Å². The van der Waals surface area contributed by atoms with Crippen LogP contribution in [0.3, 0.4) is 0 Å². The molecule has 1 heteroatoms. The van der Waals surface area contributed by atoms with E-state index in [1.807, 2.05) is 0 Å². The van der Waals surface area contributed by atoms with Crippen molar-refractivity contribution < 1.29 is 0 Å². The lowest BCUT2D eigenvalue weighted by Gasteiger charge is -2.25. The molecule has 0 radical (unpaired) electrons. The van der Waals surface area contributed by atoms with Crippen LogP contribution in [0.15, 0.2) is 23.4 Å². The van der Waals surface area contributed by atoms with Crippen LogP contribution >= 0.6 is 0 Å². The molecule has 1 aliphatic rings. The van der Waals surface area contributed by atoms with E-state index in [1.54, 1.807) is 0 Å². The zero-order valence-corrected chi connectivity index (χ0v) is 7.86. The smallest absolute Gasteiger partial charge is 0.0253 e. The molecule has 62 valence electrons. The minimum atomic E-state index is 0.232. The average molecular weight is 151 g/mol. The van der Waals surface area contributed by atoms with E-state index in [4.69, 9.17) is 0 Å². The maximum atomic E-state index is 3.37. The van der Waals surface area contributed by atoms with Crippen molar-refractivity contribution in [3.05, 3.63) is 23.4 Å². The molecule has 0 aliphatic heterocycles. The molecule has 0 spiro atoms. The summed E-state index contributed by atoms with van der Waals surface area (Å²) in [7, 11) is 0. The summed E-state index contributed by atoms with van der Waals surface area (Å²) in [6, 6.07) is 0. The Morgan fingerprint density at radius 2 is 2.00 bits per heavy atom. The Morgan fingerprint density at radius 1 is 1.36 bits per heavy atom. The Hall–Kier alpha value is -0.720. The molecule has 0 bridgehead atoms. The molecule has 0 unspecified atom stereocenters. The summed E-state index contributed by atoms with van der Waals surface area (Å²) in [5.74, 6) is 0. The van der Waals surface area contributed by atoms with Crippen molar-refractivity contribution >= 4 is 0 Å². The van der Waals surface area contributed by atoms with Crippen LogP contribution in [-0.2, 0) is 0 Å². The SMILES string of the molecule is CCNC1=CC=C(C)C1(C)C. The topological polar surface area (TPSA) is 12.0 Å². The van der Waals surface area contributed by atoms with Gasteiger partial charge in [-0.15, -0.1) is 0 Å². The molecular weight excluding hydrogens is 134 g/mol. The predicted molar refractivity (Wildman–Crippen MR) is 49.3 cm³/mol. The molecule has 0 fully saturated rings. The predicted octanol–water partition coefficient (Wildman–Crippen LogP) is 2.47. The molecule has 1 nitrogen and oxygen atoms in total. The van der Waals surface area contributed by atoms with Crippen LogP contribution in [0.2, 0.25) is 0 Å². The van der Waals surface area contributed by atoms with E-state index in [9.17, 15) is 0 Å². The maximum absolute atomic E-state index is 3.37. The number of allylic oxidation sites excluding steroid dienone is 3. The first-order valence-corrected chi connectivity index (χ1v) is 4.22. The van der Waals surface area contributed by atoms with E-state index < -0.39 is 0 Å². The lowest BCUT2D eigenvalue weighted by Crippen LogP contribution is -2.25. The molecule has 1 aliphatic carbocycles. The zero-order chi connectivity index (χ0) is 8.48. The van der Waals surface area contributed by atoms with Crippen molar-refractivity contribution in [1.82, 2.24) is 5.32 Å². The van der Waals surface area contributed by atoms with Gasteiger partial charge < -0.3 is 5.32 Å². The van der Waals surface area contributed by atoms with Gasteiger partial charge in [0.2, 0.25) is 0 Å². The van der Waals surface area contributed by atoms with E-state index in [1.165, 1.54) is 11.3 Å². The van der Waals surface area contributed by atoms with Gasteiger partial charge in [0.15, 0.2) is 0 Å². The molecule has 0 saturated heterocycles. The maximum Gasteiger partial charge on any atom is 0.0253 e. The van der Waals surface area contributed by atoms with Crippen LogP contribution in [-0.4, -0.2) is 6.54 Å². The number of nitrogens with one attached hydrogen (secondary N) is 1. The van der Waals surface area contributed by atoms with Crippen LogP contribution in [0.25, 0.3) is 0 Å². The molecule has 0 atom stereocenters. The van der Waals surface area contributed by atoms with Gasteiger partial charge in [0.25, 0.3) is 0 Å². The minimum Gasteiger partial charge on any atom is -0.388 e. The van der Waals surface area contributed by atoms with Crippen molar-refractivity contribution in [3.8, 4) is 0 Å². The number of hydrogen-bond donors (Lipinski definition) is 1. The van der Waals surface area contributed by atoms with Crippen LogP contribution in [0.5, 0.6) is 0 Å². The fraction of sp³-hybridized carbons (Fsp3) is 0.600. The fourth-order valence-corrected chi connectivity index (χ4v) is 1.31. The first-order chi connectivity index (χ1) is 5.09. The van der Waals surface area contributed by atoms with E-state index in [0.717, 1.165) is 6.54 Å². The molecule has 1 rings (SSSR count). The van der Waals surface area contributed by atoms with Gasteiger partial charge in [-0.05, 0) is 19.9 Å². The Balaban J connectivity index is 2.75. The second-order valence-corrected chi connectivity index (χ2v) is 3.59. The van der Waals surface area contributed by atoms with Gasteiger partial charge in [-0.2, -0.15) is 0 Å². The van der Waals surface area contributed by atoms with Gasteiger partial charge in [0, 0.05) is 17.7 Å². The summed E-state index contributed by atoms with van der Waals surface area (Å²) >= 11 is 0. The highest BCUT2D eigenvalue weighted by molar-refractivity contribution is 5.36. The third-order valence-electron chi connectivity index (χ3n) is 2.53.